The number of hydrogen-bond acceptors (Lipinski definition) is 3. The summed E-state index contributed by atoms with van der Waals surface area (Å²) in [6.07, 6.45) is 8.49. The molecule has 17 heavy (non-hydrogen) atoms. The van der Waals surface area contributed by atoms with E-state index in [1.54, 1.807) is 0 Å². The van der Waals surface area contributed by atoms with Crippen LogP contribution in [0.15, 0.2) is 0 Å². The van der Waals surface area contributed by atoms with Gasteiger partial charge in [0.2, 0.25) is 0 Å². The molecule has 3 fully saturated rings. The highest BCUT2D eigenvalue weighted by molar-refractivity contribution is 8.00. The van der Waals surface area contributed by atoms with Crippen LogP contribution in [0.4, 0.5) is 0 Å². The van der Waals surface area contributed by atoms with Gasteiger partial charge in [-0.25, -0.2) is 0 Å². The normalized spacial score (nSPS) is 47.3. The van der Waals surface area contributed by atoms with Crippen molar-refractivity contribution in [3.8, 4) is 0 Å². The SMILES string of the molecule is CC1CC(NC2CC3CCCC(C2)N3C)CS1. The van der Waals surface area contributed by atoms with E-state index in [0.717, 1.165) is 29.4 Å². The summed E-state index contributed by atoms with van der Waals surface area (Å²) in [5.74, 6) is 1.34. The number of piperidine rings is 2. The summed E-state index contributed by atoms with van der Waals surface area (Å²) in [6.45, 7) is 2.37. The Morgan fingerprint density at radius 1 is 1.06 bits per heavy atom. The van der Waals surface area contributed by atoms with E-state index in [2.05, 4.69) is 35.9 Å². The van der Waals surface area contributed by atoms with Crippen LogP contribution in [0.25, 0.3) is 0 Å². The van der Waals surface area contributed by atoms with Crippen LogP contribution in [0.5, 0.6) is 0 Å². The largest absolute Gasteiger partial charge is 0.310 e. The van der Waals surface area contributed by atoms with E-state index in [1.807, 2.05) is 0 Å². The number of hydrogen-bond donors (Lipinski definition) is 1. The van der Waals surface area contributed by atoms with Crippen LogP contribution in [-0.4, -0.2) is 47.1 Å². The molecule has 0 aromatic carbocycles. The van der Waals surface area contributed by atoms with E-state index < -0.39 is 0 Å². The lowest BCUT2D eigenvalue weighted by Crippen LogP contribution is -2.55. The van der Waals surface area contributed by atoms with Crippen molar-refractivity contribution in [3.63, 3.8) is 0 Å². The van der Waals surface area contributed by atoms with E-state index in [0.29, 0.717) is 0 Å². The Morgan fingerprint density at radius 3 is 2.35 bits per heavy atom. The van der Waals surface area contributed by atoms with Crippen molar-refractivity contribution in [2.24, 2.45) is 0 Å². The summed E-state index contributed by atoms with van der Waals surface area (Å²) < 4.78 is 0. The minimum absolute atomic E-state index is 0.795. The first-order valence-electron chi connectivity index (χ1n) is 7.32. The van der Waals surface area contributed by atoms with Gasteiger partial charge in [0.15, 0.2) is 0 Å². The second-order valence-corrected chi connectivity index (χ2v) is 7.79. The van der Waals surface area contributed by atoms with Gasteiger partial charge in [-0.05, 0) is 39.2 Å². The Balaban J connectivity index is 1.55. The summed E-state index contributed by atoms with van der Waals surface area (Å²) >= 11 is 2.14. The van der Waals surface area contributed by atoms with Gasteiger partial charge >= 0.3 is 0 Å². The molecule has 2 nitrogen and oxygen atoms in total. The van der Waals surface area contributed by atoms with Crippen molar-refractivity contribution < 1.29 is 0 Å². The van der Waals surface area contributed by atoms with Crippen LogP contribution in [0, 0.1) is 0 Å². The molecule has 3 saturated heterocycles. The summed E-state index contributed by atoms with van der Waals surface area (Å²) in [6, 6.07) is 3.33. The van der Waals surface area contributed by atoms with Gasteiger partial charge in [0, 0.05) is 35.2 Å². The van der Waals surface area contributed by atoms with Crippen molar-refractivity contribution in [2.45, 2.75) is 74.9 Å². The fourth-order valence-electron chi connectivity index (χ4n) is 4.02. The molecule has 3 heteroatoms. The second kappa shape index (κ2) is 5.10. The zero-order chi connectivity index (χ0) is 11.8. The lowest BCUT2D eigenvalue weighted by Gasteiger charge is -2.47. The Kier molecular flexibility index (Phi) is 3.69. The number of thioether (sulfide) groups is 1. The number of nitrogens with zero attached hydrogens (tertiary/aromatic N) is 1. The minimum atomic E-state index is 0.795. The maximum absolute atomic E-state index is 3.95. The van der Waals surface area contributed by atoms with Gasteiger partial charge in [-0.2, -0.15) is 11.8 Å². The molecule has 4 unspecified atom stereocenters. The summed E-state index contributed by atoms with van der Waals surface area (Å²) in [7, 11) is 2.35. The topological polar surface area (TPSA) is 15.3 Å². The minimum Gasteiger partial charge on any atom is -0.310 e. The first kappa shape index (κ1) is 12.3. The molecule has 1 N–H and O–H groups in total. The van der Waals surface area contributed by atoms with Crippen molar-refractivity contribution in [1.82, 2.24) is 10.2 Å². The molecular formula is C14H26N2S. The quantitative estimate of drug-likeness (QED) is 0.815. The van der Waals surface area contributed by atoms with Gasteiger partial charge in [-0.1, -0.05) is 13.3 Å². The number of fused-ring (bicyclic) bond motifs is 2. The lowest BCUT2D eigenvalue weighted by molar-refractivity contribution is 0.0464. The molecular weight excluding hydrogens is 228 g/mol. The van der Waals surface area contributed by atoms with Gasteiger partial charge in [0.05, 0.1) is 0 Å². The first-order chi connectivity index (χ1) is 8.22. The molecule has 98 valence electrons. The number of nitrogens with one attached hydrogen (secondary N) is 1. The fourth-order valence-corrected chi connectivity index (χ4v) is 5.18. The smallest absolute Gasteiger partial charge is 0.0171 e. The summed E-state index contributed by atoms with van der Waals surface area (Å²) in [5, 5.41) is 4.82. The van der Waals surface area contributed by atoms with E-state index >= 15 is 0 Å². The highest BCUT2D eigenvalue weighted by Crippen LogP contribution is 2.34. The predicted molar refractivity (Wildman–Crippen MR) is 75.7 cm³/mol. The van der Waals surface area contributed by atoms with Crippen LogP contribution in [0.3, 0.4) is 0 Å². The zero-order valence-electron chi connectivity index (χ0n) is 11.2. The van der Waals surface area contributed by atoms with Crippen LogP contribution in [0.2, 0.25) is 0 Å². The van der Waals surface area contributed by atoms with Gasteiger partial charge in [-0.3, -0.25) is 0 Å². The highest BCUT2D eigenvalue weighted by atomic mass is 32.2. The number of rotatable bonds is 2. The molecule has 3 aliphatic rings. The maximum atomic E-state index is 3.95. The van der Waals surface area contributed by atoms with Gasteiger partial charge < -0.3 is 10.2 Å². The van der Waals surface area contributed by atoms with E-state index in [1.165, 1.54) is 44.3 Å². The zero-order valence-corrected chi connectivity index (χ0v) is 12.0. The van der Waals surface area contributed by atoms with Crippen molar-refractivity contribution in [2.75, 3.05) is 12.8 Å². The average molecular weight is 254 g/mol. The lowest BCUT2D eigenvalue weighted by atomic mass is 9.82. The van der Waals surface area contributed by atoms with Crippen molar-refractivity contribution >= 4 is 11.8 Å². The molecule has 0 saturated carbocycles. The van der Waals surface area contributed by atoms with E-state index in [4.69, 9.17) is 0 Å². The van der Waals surface area contributed by atoms with Crippen LogP contribution >= 0.6 is 11.8 Å². The molecule has 3 rings (SSSR count). The molecule has 0 radical (unpaired) electrons. The molecule has 0 spiro atoms. The monoisotopic (exact) mass is 254 g/mol. The molecule has 0 aromatic rings. The van der Waals surface area contributed by atoms with Crippen LogP contribution < -0.4 is 5.32 Å². The fraction of sp³-hybridized carbons (Fsp3) is 1.00. The third kappa shape index (κ3) is 2.66. The Morgan fingerprint density at radius 2 is 1.76 bits per heavy atom. The van der Waals surface area contributed by atoms with Gasteiger partial charge in [-0.15, -0.1) is 0 Å². The average Bonchev–Trinajstić information content (AvgIpc) is 2.66. The van der Waals surface area contributed by atoms with Crippen molar-refractivity contribution in [3.05, 3.63) is 0 Å². The standard InChI is InChI=1S/C14H26N2S/c1-10-6-12(9-17-10)15-11-7-13-4-3-5-14(8-11)16(13)2/h10-15H,3-9H2,1-2H3. The third-order valence-electron chi connectivity index (χ3n) is 5.01. The molecule has 3 aliphatic heterocycles. The second-order valence-electron chi connectivity index (χ2n) is 6.32. The molecule has 0 aromatic heterocycles. The molecule has 4 atom stereocenters. The third-order valence-corrected chi connectivity index (χ3v) is 6.37. The Labute approximate surface area is 110 Å². The Bertz CT molecular complexity index is 257. The summed E-state index contributed by atoms with van der Waals surface area (Å²) in [4.78, 5) is 2.66. The Hall–Kier alpha value is 0.270. The van der Waals surface area contributed by atoms with E-state index in [-0.39, 0.29) is 0 Å². The molecule has 2 bridgehead atoms. The molecule has 3 heterocycles. The molecule has 0 aliphatic carbocycles. The maximum Gasteiger partial charge on any atom is 0.0171 e. The van der Waals surface area contributed by atoms with E-state index in [9.17, 15) is 0 Å². The summed E-state index contributed by atoms with van der Waals surface area (Å²) in [5.41, 5.74) is 0. The van der Waals surface area contributed by atoms with Crippen molar-refractivity contribution in [1.29, 1.82) is 0 Å². The highest BCUT2D eigenvalue weighted by Gasteiger charge is 2.37. The van der Waals surface area contributed by atoms with Crippen LogP contribution in [0.1, 0.15) is 45.4 Å². The first-order valence-corrected chi connectivity index (χ1v) is 8.37. The van der Waals surface area contributed by atoms with Gasteiger partial charge in [0.25, 0.3) is 0 Å². The predicted octanol–water partition coefficient (Wildman–Crippen LogP) is 2.49. The van der Waals surface area contributed by atoms with Gasteiger partial charge in [0.1, 0.15) is 0 Å². The molecule has 0 amide bonds. The van der Waals surface area contributed by atoms with Crippen LogP contribution in [-0.2, 0) is 0 Å².